The number of ether oxygens (including phenoxy) is 1. The molecule has 25 heavy (non-hydrogen) atoms. The Balaban J connectivity index is 1.59. The Kier molecular flexibility index (Phi) is 6.05. The molecule has 0 amide bonds. The molecule has 0 bridgehead atoms. The minimum Gasteiger partial charge on any atom is -0.452 e. The zero-order valence-electron chi connectivity index (χ0n) is 14.9. The van der Waals surface area contributed by atoms with Gasteiger partial charge < -0.3 is 4.74 Å². The first kappa shape index (κ1) is 17.5. The van der Waals surface area contributed by atoms with Gasteiger partial charge in [-0.1, -0.05) is 86.9 Å². The molecule has 3 rings (SSSR count). The van der Waals surface area contributed by atoms with Gasteiger partial charge in [0.1, 0.15) is 0 Å². The maximum absolute atomic E-state index is 12.3. The van der Waals surface area contributed by atoms with Crippen molar-refractivity contribution in [2.45, 2.75) is 51.6 Å². The van der Waals surface area contributed by atoms with E-state index in [9.17, 15) is 4.79 Å². The van der Waals surface area contributed by atoms with E-state index in [1.807, 2.05) is 30.3 Å². The Morgan fingerprint density at radius 1 is 0.920 bits per heavy atom. The monoisotopic (exact) mass is 334 g/mol. The SMILES string of the molecule is CCCCCC/C=C/CC(=O)OC1c2ccccc2-c2ccccc21. The van der Waals surface area contributed by atoms with Gasteiger partial charge in [0, 0.05) is 11.1 Å². The van der Waals surface area contributed by atoms with Crippen LogP contribution in [-0.2, 0) is 9.53 Å². The fourth-order valence-electron chi connectivity index (χ4n) is 3.40. The van der Waals surface area contributed by atoms with E-state index in [0.717, 1.165) is 17.5 Å². The fourth-order valence-corrected chi connectivity index (χ4v) is 3.40. The topological polar surface area (TPSA) is 26.3 Å². The molecule has 0 saturated carbocycles. The normalized spacial score (nSPS) is 13.0. The summed E-state index contributed by atoms with van der Waals surface area (Å²) in [4.78, 5) is 12.3. The summed E-state index contributed by atoms with van der Waals surface area (Å²) in [6.07, 6.45) is 10.2. The van der Waals surface area contributed by atoms with Crippen molar-refractivity contribution < 1.29 is 9.53 Å². The number of esters is 1. The van der Waals surface area contributed by atoms with Gasteiger partial charge in [-0.3, -0.25) is 4.79 Å². The smallest absolute Gasteiger partial charge is 0.310 e. The molecule has 0 fully saturated rings. The Labute approximate surface area is 150 Å². The minimum atomic E-state index is -0.280. The number of allylic oxidation sites excluding steroid dienone is 1. The zero-order valence-corrected chi connectivity index (χ0v) is 14.9. The van der Waals surface area contributed by atoms with Crippen molar-refractivity contribution in [3.8, 4) is 11.1 Å². The van der Waals surface area contributed by atoms with Crippen LogP contribution in [0.25, 0.3) is 11.1 Å². The van der Waals surface area contributed by atoms with Gasteiger partial charge in [-0.2, -0.15) is 0 Å². The highest BCUT2D eigenvalue weighted by Crippen LogP contribution is 2.45. The summed E-state index contributed by atoms with van der Waals surface area (Å²) in [6, 6.07) is 16.4. The molecule has 1 aliphatic rings. The van der Waals surface area contributed by atoms with Crippen molar-refractivity contribution in [2.24, 2.45) is 0 Å². The van der Waals surface area contributed by atoms with E-state index < -0.39 is 0 Å². The molecule has 2 nitrogen and oxygen atoms in total. The van der Waals surface area contributed by atoms with Crippen molar-refractivity contribution in [1.29, 1.82) is 0 Å². The number of carbonyl (C=O) groups is 1. The van der Waals surface area contributed by atoms with Crippen LogP contribution < -0.4 is 0 Å². The van der Waals surface area contributed by atoms with Crippen LogP contribution in [0.2, 0.25) is 0 Å². The Morgan fingerprint density at radius 3 is 2.20 bits per heavy atom. The van der Waals surface area contributed by atoms with Gasteiger partial charge in [0.15, 0.2) is 6.10 Å². The first-order valence-corrected chi connectivity index (χ1v) is 9.34. The fraction of sp³-hybridized carbons (Fsp3) is 0.348. The highest BCUT2D eigenvalue weighted by molar-refractivity contribution is 5.80. The molecule has 0 aliphatic heterocycles. The van der Waals surface area contributed by atoms with Crippen LogP contribution in [0.4, 0.5) is 0 Å². The summed E-state index contributed by atoms with van der Waals surface area (Å²) in [5.74, 6) is -0.165. The lowest BCUT2D eigenvalue weighted by Crippen LogP contribution is -2.09. The van der Waals surface area contributed by atoms with Gasteiger partial charge in [0.05, 0.1) is 6.42 Å². The molecule has 0 saturated heterocycles. The van der Waals surface area contributed by atoms with E-state index in [-0.39, 0.29) is 12.1 Å². The average molecular weight is 334 g/mol. The molecule has 0 aromatic heterocycles. The number of hydrogen-bond donors (Lipinski definition) is 0. The molecule has 0 unspecified atom stereocenters. The average Bonchev–Trinajstić information content (AvgIpc) is 2.95. The molecule has 0 radical (unpaired) electrons. The molecular formula is C23H26O2. The maximum atomic E-state index is 12.3. The van der Waals surface area contributed by atoms with Gasteiger partial charge in [-0.25, -0.2) is 0 Å². The minimum absolute atomic E-state index is 0.165. The van der Waals surface area contributed by atoms with Gasteiger partial charge in [0.2, 0.25) is 0 Å². The van der Waals surface area contributed by atoms with Crippen LogP contribution in [-0.4, -0.2) is 5.97 Å². The van der Waals surface area contributed by atoms with Crippen LogP contribution in [0.5, 0.6) is 0 Å². The molecule has 2 heteroatoms. The van der Waals surface area contributed by atoms with Crippen molar-refractivity contribution >= 4 is 5.97 Å². The third kappa shape index (κ3) is 4.19. The predicted molar refractivity (Wildman–Crippen MR) is 102 cm³/mol. The van der Waals surface area contributed by atoms with E-state index in [1.165, 1.54) is 36.8 Å². The molecule has 2 aromatic rings. The van der Waals surface area contributed by atoms with E-state index in [2.05, 4.69) is 37.3 Å². The van der Waals surface area contributed by atoms with Crippen LogP contribution in [0.1, 0.15) is 62.7 Å². The Bertz CT molecular complexity index is 700. The molecule has 0 spiro atoms. The number of rotatable bonds is 8. The van der Waals surface area contributed by atoms with Gasteiger partial charge >= 0.3 is 5.97 Å². The summed E-state index contributed by atoms with van der Waals surface area (Å²) in [7, 11) is 0. The second-order valence-corrected chi connectivity index (χ2v) is 6.57. The summed E-state index contributed by atoms with van der Waals surface area (Å²) in [6.45, 7) is 2.21. The summed E-state index contributed by atoms with van der Waals surface area (Å²) in [5.41, 5.74) is 4.51. The van der Waals surface area contributed by atoms with E-state index >= 15 is 0 Å². The number of fused-ring (bicyclic) bond motifs is 3. The van der Waals surface area contributed by atoms with E-state index in [4.69, 9.17) is 4.74 Å². The van der Waals surface area contributed by atoms with Crippen molar-refractivity contribution in [3.63, 3.8) is 0 Å². The number of unbranched alkanes of at least 4 members (excludes halogenated alkanes) is 4. The second kappa shape index (κ2) is 8.66. The lowest BCUT2D eigenvalue weighted by atomic mass is 10.1. The molecular weight excluding hydrogens is 308 g/mol. The van der Waals surface area contributed by atoms with E-state index in [1.54, 1.807) is 0 Å². The standard InChI is InChI=1S/C23H26O2/c1-2-3-4-5-6-7-8-17-22(24)25-23-20-15-11-9-13-18(20)19-14-10-12-16-21(19)23/h7-16,23H,2-6,17H2,1H3/b8-7+. The highest BCUT2D eigenvalue weighted by Gasteiger charge is 2.30. The predicted octanol–water partition coefficient (Wildman–Crippen LogP) is 6.22. The summed E-state index contributed by atoms with van der Waals surface area (Å²) >= 11 is 0. The lowest BCUT2D eigenvalue weighted by Gasteiger charge is -2.14. The number of hydrogen-bond acceptors (Lipinski definition) is 2. The first-order valence-electron chi connectivity index (χ1n) is 9.34. The third-order valence-electron chi connectivity index (χ3n) is 4.70. The molecule has 0 N–H and O–H groups in total. The first-order chi connectivity index (χ1) is 12.3. The molecule has 130 valence electrons. The summed E-state index contributed by atoms with van der Waals surface area (Å²) < 4.78 is 5.82. The van der Waals surface area contributed by atoms with Gasteiger partial charge in [-0.15, -0.1) is 0 Å². The third-order valence-corrected chi connectivity index (χ3v) is 4.70. The van der Waals surface area contributed by atoms with Gasteiger partial charge in [-0.05, 0) is 24.0 Å². The van der Waals surface area contributed by atoms with Crippen LogP contribution >= 0.6 is 0 Å². The number of benzene rings is 2. The van der Waals surface area contributed by atoms with Crippen LogP contribution in [0, 0.1) is 0 Å². The number of carbonyl (C=O) groups excluding carboxylic acids is 1. The van der Waals surface area contributed by atoms with E-state index in [0.29, 0.717) is 6.42 Å². The molecule has 1 aliphatic carbocycles. The lowest BCUT2D eigenvalue weighted by molar-refractivity contribution is -0.146. The quantitative estimate of drug-likeness (QED) is 0.325. The van der Waals surface area contributed by atoms with Gasteiger partial charge in [0.25, 0.3) is 0 Å². The van der Waals surface area contributed by atoms with Crippen LogP contribution in [0.15, 0.2) is 60.7 Å². The Morgan fingerprint density at radius 2 is 1.56 bits per heavy atom. The Hall–Kier alpha value is -2.35. The largest absolute Gasteiger partial charge is 0.452 e. The van der Waals surface area contributed by atoms with Crippen LogP contribution in [0.3, 0.4) is 0 Å². The van der Waals surface area contributed by atoms with Crippen molar-refractivity contribution in [2.75, 3.05) is 0 Å². The molecule has 0 heterocycles. The molecule has 2 aromatic carbocycles. The zero-order chi connectivity index (χ0) is 17.5. The maximum Gasteiger partial charge on any atom is 0.310 e. The second-order valence-electron chi connectivity index (χ2n) is 6.57. The van der Waals surface area contributed by atoms with Crippen molar-refractivity contribution in [1.82, 2.24) is 0 Å². The molecule has 0 atom stereocenters. The summed E-state index contributed by atoms with van der Waals surface area (Å²) in [5, 5.41) is 0. The van der Waals surface area contributed by atoms with Crippen molar-refractivity contribution in [3.05, 3.63) is 71.8 Å². The highest BCUT2D eigenvalue weighted by atomic mass is 16.5.